The molecule has 0 aliphatic carbocycles. The molecule has 1 aromatic heterocycles. The van der Waals surface area contributed by atoms with Crippen LogP contribution in [-0.4, -0.2) is 17.1 Å². The second kappa shape index (κ2) is 6.54. The van der Waals surface area contributed by atoms with Crippen LogP contribution in [0.25, 0.3) is 11.4 Å². The first-order valence-electron chi connectivity index (χ1n) is 5.19. The van der Waals surface area contributed by atoms with Crippen molar-refractivity contribution in [2.75, 3.05) is 7.11 Å². The number of nitrogens with zero attached hydrogens (tertiary/aromatic N) is 2. The van der Waals surface area contributed by atoms with E-state index in [4.69, 9.17) is 39.5 Å². The lowest BCUT2D eigenvalue weighted by molar-refractivity contribution is 0.181. The smallest absolute Gasteiger partial charge is 0.162 e. The van der Waals surface area contributed by atoms with Crippen LogP contribution in [0.4, 0.5) is 0 Å². The van der Waals surface area contributed by atoms with Gasteiger partial charge in [0.25, 0.3) is 0 Å². The van der Waals surface area contributed by atoms with Gasteiger partial charge in [0.05, 0.1) is 20.9 Å². The largest absolute Gasteiger partial charge is 0.378 e. The molecule has 0 atom stereocenters. The summed E-state index contributed by atoms with van der Waals surface area (Å²) in [5.41, 5.74) is 1.41. The maximum absolute atomic E-state index is 6.14. The Morgan fingerprint density at radius 1 is 1.21 bits per heavy atom. The Bertz CT molecular complexity index is 622. The van der Waals surface area contributed by atoms with E-state index >= 15 is 0 Å². The van der Waals surface area contributed by atoms with Crippen molar-refractivity contribution in [2.45, 2.75) is 6.61 Å². The third-order valence-electron chi connectivity index (χ3n) is 2.33. The number of benzene rings is 1. The lowest BCUT2D eigenvalue weighted by atomic mass is 10.2. The highest BCUT2D eigenvalue weighted by molar-refractivity contribution is 14.1. The van der Waals surface area contributed by atoms with Crippen LogP contribution in [0.3, 0.4) is 0 Å². The predicted octanol–water partition coefficient (Wildman–Crippen LogP) is 4.85. The van der Waals surface area contributed by atoms with Crippen LogP contribution in [0.15, 0.2) is 18.2 Å². The zero-order chi connectivity index (χ0) is 14.0. The monoisotopic (exact) mass is 428 g/mol. The molecule has 0 aliphatic heterocycles. The van der Waals surface area contributed by atoms with E-state index < -0.39 is 0 Å². The average Bonchev–Trinajstić information content (AvgIpc) is 2.35. The molecule has 1 aromatic carbocycles. The second-order valence-electron chi connectivity index (χ2n) is 3.66. The fraction of sp³-hybridized carbons (Fsp3) is 0.167. The van der Waals surface area contributed by atoms with Gasteiger partial charge < -0.3 is 4.74 Å². The highest BCUT2D eigenvalue weighted by atomic mass is 127. The van der Waals surface area contributed by atoms with Crippen molar-refractivity contribution in [2.24, 2.45) is 0 Å². The van der Waals surface area contributed by atoms with Gasteiger partial charge in [-0.2, -0.15) is 0 Å². The molecule has 2 aromatic rings. The van der Waals surface area contributed by atoms with Gasteiger partial charge in [0.2, 0.25) is 0 Å². The Labute approximate surface area is 139 Å². The van der Waals surface area contributed by atoms with Crippen molar-refractivity contribution in [3.05, 3.63) is 42.7 Å². The van der Waals surface area contributed by atoms with Gasteiger partial charge in [0, 0.05) is 17.7 Å². The van der Waals surface area contributed by atoms with Gasteiger partial charge >= 0.3 is 0 Å². The summed E-state index contributed by atoms with van der Waals surface area (Å²) in [7, 11) is 1.60. The van der Waals surface area contributed by atoms with Gasteiger partial charge in [-0.15, -0.1) is 0 Å². The molecule has 0 unspecified atom stereocenters. The maximum atomic E-state index is 6.14. The maximum Gasteiger partial charge on any atom is 0.162 e. The summed E-state index contributed by atoms with van der Waals surface area (Å²) in [6, 6.07) is 5.14. The standard InChI is InChI=1S/C12H8Cl3IN2O/c1-19-5-9-10(16)11(15)18-12(17-9)7-3-2-6(13)4-8(7)14/h2-4H,5H2,1H3. The predicted molar refractivity (Wildman–Crippen MR) is 85.9 cm³/mol. The zero-order valence-electron chi connectivity index (χ0n) is 9.75. The van der Waals surface area contributed by atoms with Gasteiger partial charge in [0.15, 0.2) is 5.82 Å². The summed E-state index contributed by atoms with van der Waals surface area (Å²) in [6.45, 7) is 0.360. The number of ether oxygens (including phenoxy) is 1. The molecule has 100 valence electrons. The van der Waals surface area contributed by atoms with Crippen LogP contribution in [0.2, 0.25) is 15.2 Å². The van der Waals surface area contributed by atoms with E-state index in [-0.39, 0.29) is 0 Å². The van der Waals surface area contributed by atoms with Crippen LogP contribution in [0, 0.1) is 3.57 Å². The average molecular weight is 429 g/mol. The summed E-state index contributed by atoms with van der Waals surface area (Å²) in [6.07, 6.45) is 0. The number of rotatable bonds is 3. The molecule has 0 aliphatic rings. The molecule has 0 saturated carbocycles. The molecule has 0 amide bonds. The topological polar surface area (TPSA) is 35.0 Å². The summed E-state index contributed by atoms with van der Waals surface area (Å²) >= 11 is 20.2. The quantitative estimate of drug-likeness (QED) is 0.517. The molecule has 2 rings (SSSR count). The van der Waals surface area contributed by atoms with Crippen molar-refractivity contribution in [3.63, 3.8) is 0 Å². The Morgan fingerprint density at radius 2 is 1.95 bits per heavy atom. The van der Waals surface area contributed by atoms with E-state index in [9.17, 15) is 0 Å². The SMILES string of the molecule is COCc1nc(-c2ccc(Cl)cc2Cl)nc(Cl)c1I. The molecule has 1 heterocycles. The molecule has 0 radical (unpaired) electrons. The Hall–Kier alpha value is -0.140. The summed E-state index contributed by atoms with van der Waals surface area (Å²) in [5.74, 6) is 0.458. The highest BCUT2D eigenvalue weighted by Gasteiger charge is 2.14. The zero-order valence-corrected chi connectivity index (χ0v) is 14.2. The van der Waals surface area contributed by atoms with E-state index in [1.54, 1.807) is 25.3 Å². The number of halogens is 4. The van der Waals surface area contributed by atoms with Crippen molar-refractivity contribution in [1.82, 2.24) is 9.97 Å². The van der Waals surface area contributed by atoms with E-state index in [0.717, 1.165) is 9.26 Å². The Kier molecular flexibility index (Phi) is 5.25. The molecule has 0 N–H and O–H groups in total. The van der Waals surface area contributed by atoms with Crippen LogP contribution >= 0.6 is 57.4 Å². The van der Waals surface area contributed by atoms with Crippen LogP contribution in [0.1, 0.15) is 5.69 Å². The first-order valence-corrected chi connectivity index (χ1v) is 7.40. The number of hydrogen-bond acceptors (Lipinski definition) is 3. The molecule has 0 fully saturated rings. The lowest BCUT2D eigenvalue weighted by Gasteiger charge is -2.09. The summed E-state index contributed by atoms with van der Waals surface area (Å²) in [5, 5.41) is 1.42. The van der Waals surface area contributed by atoms with Crippen molar-refractivity contribution in [1.29, 1.82) is 0 Å². The van der Waals surface area contributed by atoms with E-state index in [2.05, 4.69) is 32.6 Å². The van der Waals surface area contributed by atoms with Gasteiger partial charge in [-0.3, -0.25) is 0 Å². The minimum absolute atomic E-state index is 0.360. The molecular formula is C12H8Cl3IN2O. The summed E-state index contributed by atoms with van der Waals surface area (Å²) < 4.78 is 5.87. The minimum Gasteiger partial charge on any atom is -0.378 e. The molecule has 7 heteroatoms. The highest BCUT2D eigenvalue weighted by Crippen LogP contribution is 2.30. The first kappa shape index (κ1) is 15.3. The fourth-order valence-electron chi connectivity index (χ4n) is 1.49. The van der Waals surface area contributed by atoms with E-state index in [1.165, 1.54) is 0 Å². The van der Waals surface area contributed by atoms with Crippen LogP contribution in [-0.2, 0) is 11.3 Å². The van der Waals surface area contributed by atoms with Gasteiger partial charge in [0.1, 0.15) is 5.15 Å². The van der Waals surface area contributed by atoms with Crippen molar-refractivity contribution < 1.29 is 4.74 Å². The molecule has 0 spiro atoms. The third-order valence-corrected chi connectivity index (χ3v) is 4.61. The third kappa shape index (κ3) is 3.49. The molecule has 0 bridgehead atoms. The number of methoxy groups -OCH3 is 1. The van der Waals surface area contributed by atoms with Crippen molar-refractivity contribution >= 4 is 57.4 Å². The van der Waals surface area contributed by atoms with Crippen LogP contribution in [0.5, 0.6) is 0 Å². The van der Waals surface area contributed by atoms with Gasteiger partial charge in [-0.05, 0) is 40.8 Å². The van der Waals surface area contributed by atoms with E-state index in [0.29, 0.717) is 33.2 Å². The van der Waals surface area contributed by atoms with E-state index in [1.807, 2.05) is 0 Å². The molecule has 0 saturated heterocycles. The summed E-state index contributed by atoms with van der Waals surface area (Å²) in [4.78, 5) is 8.67. The normalized spacial score (nSPS) is 10.8. The van der Waals surface area contributed by atoms with Crippen LogP contribution < -0.4 is 0 Å². The Balaban J connectivity index is 2.56. The Morgan fingerprint density at radius 3 is 2.58 bits per heavy atom. The lowest BCUT2D eigenvalue weighted by Crippen LogP contribution is -2.02. The van der Waals surface area contributed by atoms with Crippen molar-refractivity contribution in [3.8, 4) is 11.4 Å². The molecular weight excluding hydrogens is 421 g/mol. The first-order chi connectivity index (χ1) is 9.02. The number of hydrogen-bond donors (Lipinski definition) is 0. The number of aromatic nitrogens is 2. The van der Waals surface area contributed by atoms with Gasteiger partial charge in [-0.1, -0.05) is 34.8 Å². The fourth-order valence-corrected chi connectivity index (χ4v) is 2.57. The molecule has 3 nitrogen and oxygen atoms in total. The second-order valence-corrected chi connectivity index (χ2v) is 5.94. The molecule has 19 heavy (non-hydrogen) atoms. The minimum atomic E-state index is 0.360. The van der Waals surface area contributed by atoms with Gasteiger partial charge in [-0.25, -0.2) is 9.97 Å².